The van der Waals surface area contributed by atoms with Gasteiger partial charge in [0.2, 0.25) is 5.91 Å². The predicted octanol–water partition coefficient (Wildman–Crippen LogP) is 1.36. The maximum Gasteiger partial charge on any atom is 0.349 e. The Hall–Kier alpha value is -3.82. The molecule has 0 atom stereocenters. The molecule has 1 aromatic heterocycles. The lowest BCUT2D eigenvalue weighted by molar-refractivity contribution is -0.138. The second kappa shape index (κ2) is 11.7. The van der Waals surface area contributed by atoms with Crippen molar-refractivity contribution in [3.8, 4) is 0 Å². The summed E-state index contributed by atoms with van der Waals surface area (Å²) in [6.45, 7) is 1.15. The van der Waals surface area contributed by atoms with Crippen LogP contribution in [0.1, 0.15) is 17.0 Å². The number of nitrogens with two attached hydrogens (primary N) is 1. The molecular formula is C24H27N5O4. The number of carbonyl (C=O) groups is 2. The minimum Gasteiger partial charge on any atom is -0.480 e. The molecule has 0 saturated carbocycles. The molecular weight excluding hydrogens is 422 g/mol. The van der Waals surface area contributed by atoms with Crippen LogP contribution in [0.25, 0.3) is 0 Å². The number of nitrogens with one attached hydrogen (secondary N) is 1. The smallest absolute Gasteiger partial charge is 0.349 e. The maximum absolute atomic E-state index is 13.2. The Balaban J connectivity index is 1.73. The first kappa shape index (κ1) is 23.8. The van der Waals surface area contributed by atoms with Crippen molar-refractivity contribution in [2.75, 3.05) is 31.5 Å². The van der Waals surface area contributed by atoms with Gasteiger partial charge in [0.05, 0.1) is 12.5 Å². The van der Waals surface area contributed by atoms with Crippen LogP contribution in [0.2, 0.25) is 0 Å². The van der Waals surface area contributed by atoms with Gasteiger partial charge in [-0.15, -0.1) is 0 Å². The van der Waals surface area contributed by atoms with E-state index in [4.69, 9.17) is 10.8 Å². The van der Waals surface area contributed by atoms with Crippen LogP contribution in [-0.2, 0) is 16.1 Å². The fourth-order valence-corrected chi connectivity index (χ4v) is 3.55. The first-order valence-corrected chi connectivity index (χ1v) is 10.6. The van der Waals surface area contributed by atoms with E-state index in [0.717, 1.165) is 11.1 Å². The van der Waals surface area contributed by atoms with Crippen molar-refractivity contribution in [2.24, 2.45) is 5.73 Å². The van der Waals surface area contributed by atoms with Gasteiger partial charge >= 0.3 is 11.7 Å². The van der Waals surface area contributed by atoms with Crippen LogP contribution < -0.4 is 16.7 Å². The Morgan fingerprint density at radius 3 is 2.12 bits per heavy atom. The summed E-state index contributed by atoms with van der Waals surface area (Å²) in [5, 5.41) is 11.7. The van der Waals surface area contributed by atoms with E-state index in [1.54, 1.807) is 11.0 Å². The molecule has 0 spiro atoms. The molecule has 1 heterocycles. The van der Waals surface area contributed by atoms with Gasteiger partial charge in [0, 0.05) is 32.4 Å². The Bertz CT molecular complexity index is 1080. The maximum atomic E-state index is 13.2. The molecule has 4 N–H and O–H groups in total. The zero-order chi connectivity index (χ0) is 23.6. The number of aromatic nitrogens is 2. The third kappa shape index (κ3) is 6.83. The number of hydrogen-bond donors (Lipinski definition) is 3. The zero-order valence-corrected chi connectivity index (χ0v) is 18.1. The molecule has 0 bridgehead atoms. The van der Waals surface area contributed by atoms with Gasteiger partial charge in [-0.2, -0.15) is 4.98 Å². The molecule has 0 aliphatic rings. The van der Waals surface area contributed by atoms with Gasteiger partial charge in [-0.05, 0) is 17.2 Å². The summed E-state index contributed by atoms with van der Waals surface area (Å²) < 4.78 is 1.37. The Morgan fingerprint density at radius 2 is 1.61 bits per heavy atom. The van der Waals surface area contributed by atoms with Gasteiger partial charge < -0.3 is 16.2 Å². The topological polar surface area (TPSA) is 131 Å². The number of carboxylic acid groups (broad SMARTS) is 1. The second-order valence-corrected chi connectivity index (χ2v) is 7.49. The largest absolute Gasteiger partial charge is 0.480 e. The monoisotopic (exact) mass is 449 g/mol. The van der Waals surface area contributed by atoms with Crippen LogP contribution in [0.5, 0.6) is 0 Å². The molecule has 0 saturated heterocycles. The quantitative estimate of drug-likeness (QED) is 0.403. The number of nitrogens with zero attached hydrogens (tertiary/aromatic N) is 3. The minimum atomic E-state index is -0.960. The number of amides is 1. The molecule has 0 radical (unpaired) electrons. The Labute approximate surface area is 191 Å². The summed E-state index contributed by atoms with van der Waals surface area (Å²) >= 11 is 0. The van der Waals surface area contributed by atoms with Crippen molar-refractivity contribution in [3.63, 3.8) is 0 Å². The summed E-state index contributed by atoms with van der Waals surface area (Å²) in [5.74, 6) is -1.66. The van der Waals surface area contributed by atoms with E-state index in [1.165, 1.54) is 10.8 Å². The second-order valence-electron chi connectivity index (χ2n) is 7.49. The number of aliphatic carboxylic acids is 1. The number of carboxylic acids is 1. The number of anilines is 1. The molecule has 33 heavy (non-hydrogen) atoms. The summed E-state index contributed by atoms with van der Waals surface area (Å²) in [5.41, 5.74) is 6.64. The highest BCUT2D eigenvalue weighted by Crippen LogP contribution is 2.25. The summed E-state index contributed by atoms with van der Waals surface area (Å²) in [4.78, 5) is 42.2. The number of hydrogen-bond acceptors (Lipinski definition) is 6. The van der Waals surface area contributed by atoms with Crippen LogP contribution in [0.3, 0.4) is 0 Å². The average molecular weight is 450 g/mol. The van der Waals surface area contributed by atoms with Crippen LogP contribution in [0.15, 0.2) is 77.7 Å². The predicted molar refractivity (Wildman–Crippen MR) is 125 cm³/mol. The van der Waals surface area contributed by atoms with E-state index < -0.39 is 17.6 Å². The van der Waals surface area contributed by atoms with Gasteiger partial charge in [0.15, 0.2) is 0 Å². The lowest BCUT2D eigenvalue weighted by Crippen LogP contribution is -2.38. The number of rotatable bonds is 11. The van der Waals surface area contributed by atoms with Crippen molar-refractivity contribution in [1.29, 1.82) is 0 Å². The molecule has 9 nitrogen and oxygen atoms in total. The molecule has 3 aromatic rings. The van der Waals surface area contributed by atoms with Crippen LogP contribution in [-0.4, -0.2) is 57.6 Å². The van der Waals surface area contributed by atoms with E-state index in [0.29, 0.717) is 19.6 Å². The molecule has 3 rings (SSSR count). The molecule has 1 amide bonds. The summed E-state index contributed by atoms with van der Waals surface area (Å²) in [7, 11) is 0. The SMILES string of the molecule is NCCN(CCn1ccc(NC(=O)C(c2ccccc2)c2ccccc2)nc1=O)CC(=O)O. The van der Waals surface area contributed by atoms with E-state index in [1.807, 2.05) is 60.7 Å². The molecule has 0 unspecified atom stereocenters. The third-order valence-corrected chi connectivity index (χ3v) is 5.11. The van der Waals surface area contributed by atoms with E-state index in [9.17, 15) is 14.4 Å². The van der Waals surface area contributed by atoms with Crippen molar-refractivity contribution < 1.29 is 14.7 Å². The zero-order valence-electron chi connectivity index (χ0n) is 18.1. The highest BCUT2D eigenvalue weighted by atomic mass is 16.4. The molecule has 0 aliphatic heterocycles. The standard InChI is InChI=1S/C24H27N5O4/c25-12-14-28(17-21(30)31)15-16-29-13-11-20(27-24(29)33)26-23(32)22(18-7-3-1-4-8-18)19-9-5-2-6-10-19/h1-11,13,22H,12,14-17,25H2,(H,30,31)(H,26,27,32,33). The van der Waals surface area contributed by atoms with E-state index >= 15 is 0 Å². The highest BCUT2D eigenvalue weighted by molar-refractivity contribution is 5.97. The molecule has 9 heteroatoms. The van der Waals surface area contributed by atoms with Gasteiger partial charge in [-0.25, -0.2) is 4.79 Å². The lowest BCUT2D eigenvalue weighted by atomic mass is 9.90. The third-order valence-electron chi connectivity index (χ3n) is 5.11. The van der Waals surface area contributed by atoms with Crippen LogP contribution in [0.4, 0.5) is 5.82 Å². The van der Waals surface area contributed by atoms with Gasteiger partial charge in [-0.1, -0.05) is 60.7 Å². The molecule has 0 fully saturated rings. The number of carbonyl (C=O) groups excluding carboxylic acids is 1. The fourth-order valence-electron chi connectivity index (χ4n) is 3.55. The van der Waals surface area contributed by atoms with Gasteiger partial charge in [-0.3, -0.25) is 19.1 Å². The van der Waals surface area contributed by atoms with Crippen LogP contribution >= 0.6 is 0 Å². The Kier molecular flexibility index (Phi) is 8.45. The minimum absolute atomic E-state index is 0.155. The number of benzene rings is 2. The normalized spacial score (nSPS) is 11.0. The van der Waals surface area contributed by atoms with Gasteiger partial charge in [0.1, 0.15) is 5.82 Å². The first-order chi connectivity index (χ1) is 16.0. The molecule has 172 valence electrons. The summed E-state index contributed by atoms with van der Waals surface area (Å²) in [6.07, 6.45) is 1.53. The van der Waals surface area contributed by atoms with E-state index in [-0.39, 0.29) is 24.8 Å². The highest BCUT2D eigenvalue weighted by Gasteiger charge is 2.23. The molecule has 2 aromatic carbocycles. The summed E-state index contributed by atoms with van der Waals surface area (Å²) in [6, 6.07) is 20.3. The van der Waals surface area contributed by atoms with Crippen molar-refractivity contribution in [2.45, 2.75) is 12.5 Å². The Morgan fingerprint density at radius 1 is 1.00 bits per heavy atom. The van der Waals surface area contributed by atoms with Crippen LogP contribution in [0, 0.1) is 0 Å². The lowest BCUT2D eigenvalue weighted by Gasteiger charge is -2.20. The van der Waals surface area contributed by atoms with Crippen molar-refractivity contribution >= 4 is 17.7 Å². The first-order valence-electron chi connectivity index (χ1n) is 10.6. The van der Waals surface area contributed by atoms with Crippen molar-refractivity contribution in [1.82, 2.24) is 14.5 Å². The van der Waals surface area contributed by atoms with Crippen molar-refractivity contribution in [3.05, 3.63) is 94.5 Å². The van der Waals surface area contributed by atoms with E-state index in [2.05, 4.69) is 10.3 Å². The van der Waals surface area contributed by atoms with Gasteiger partial charge in [0.25, 0.3) is 0 Å². The fraction of sp³-hybridized carbons (Fsp3) is 0.250. The average Bonchev–Trinajstić information content (AvgIpc) is 2.80. The molecule has 0 aliphatic carbocycles.